The Labute approximate surface area is 132 Å². The molecule has 1 aliphatic heterocycles. The van der Waals surface area contributed by atoms with E-state index in [0.717, 1.165) is 31.6 Å². The first-order valence-corrected chi connectivity index (χ1v) is 9.35. The first kappa shape index (κ1) is 16.7. The van der Waals surface area contributed by atoms with Gasteiger partial charge in [-0.1, -0.05) is 12.1 Å². The number of rotatable bonds is 7. The van der Waals surface area contributed by atoms with Gasteiger partial charge >= 0.3 is 0 Å². The van der Waals surface area contributed by atoms with Crippen LogP contribution in [0.4, 0.5) is 0 Å². The number of sulfonamides is 1. The maximum absolute atomic E-state index is 12.5. The monoisotopic (exact) mass is 330 g/mol. The maximum Gasteiger partial charge on any atom is 0.242 e. The molecule has 4 nitrogen and oxygen atoms in total. The zero-order valence-electron chi connectivity index (χ0n) is 12.5. The minimum absolute atomic E-state index is 0.352. The molecule has 6 heteroatoms. The molecule has 0 saturated carbocycles. The second-order valence-corrected chi connectivity index (χ2v) is 7.88. The van der Waals surface area contributed by atoms with Crippen LogP contribution >= 0.6 is 11.6 Å². The number of likely N-dealkylation sites (N-methyl/N-ethyl adjacent to an activating group) is 1. The Hall–Kier alpha value is -0.620. The van der Waals surface area contributed by atoms with E-state index >= 15 is 0 Å². The van der Waals surface area contributed by atoms with Crippen molar-refractivity contribution in [2.75, 3.05) is 39.1 Å². The third kappa shape index (κ3) is 4.42. The van der Waals surface area contributed by atoms with Crippen LogP contribution in [0.2, 0.25) is 0 Å². The minimum Gasteiger partial charge on any atom is -0.302 e. The van der Waals surface area contributed by atoms with Crippen LogP contribution in [0.25, 0.3) is 0 Å². The van der Waals surface area contributed by atoms with Crippen molar-refractivity contribution >= 4 is 21.6 Å². The predicted octanol–water partition coefficient (Wildman–Crippen LogP) is 2.18. The number of halogens is 1. The van der Waals surface area contributed by atoms with Gasteiger partial charge in [0.2, 0.25) is 10.0 Å². The van der Waals surface area contributed by atoms with E-state index in [2.05, 4.69) is 4.90 Å². The summed E-state index contributed by atoms with van der Waals surface area (Å²) < 4.78 is 26.4. The lowest BCUT2D eigenvalue weighted by Gasteiger charge is -2.21. The van der Waals surface area contributed by atoms with Crippen molar-refractivity contribution < 1.29 is 8.42 Å². The molecule has 1 heterocycles. The molecule has 1 fully saturated rings. The summed E-state index contributed by atoms with van der Waals surface area (Å²) in [6.07, 6.45) is 3.20. The van der Waals surface area contributed by atoms with Crippen molar-refractivity contribution in [3.8, 4) is 0 Å². The molecule has 1 aromatic carbocycles. The van der Waals surface area contributed by atoms with Crippen molar-refractivity contribution in [3.05, 3.63) is 29.8 Å². The van der Waals surface area contributed by atoms with Crippen LogP contribution in [0.5, 0.6) is 0 Å². The lowest BCUT2D eigenvalue weighted by Crippen LogP contribution is -2.35. The summed E-state index contributed by atoms with van der Waals surface area (Å²) in [5, 5.41) is 0. The molecule has 0 unspecified atom stereocenters. The van der Waals surface area contributed by atoms with E-state index in [9.17, 15) is 8.42 Å². The zero-order valence-corrected chi connectivity index (χ0v) is 14.0. The maximum atomic E-state index is 12.5. The highest BCUT2D eigenvalue weighted by molar-refractivity contribution is 7.89. The highest BCUT2D eigenvalue weighted by Gasteiger charge is 2.21. The number of alkyl halides is 1. The van der Waals surface area contributed by atoms with Gasteiger partial charge in [0.15, 0.2) is 0 Å². The second-order valence-electron chi connectivity index (χ2n) is 5.46. The van der Waals surface area contributed by atoms with Crippen LogP contribution in [0.15, 0.2) is 29.2 Å². The molecule has 0 amide bonds. The van der Waals surface area contributed by atoms with Crippen molar-refractivity contribution in [2.45, 2.75) is 24.2 Å². The first-order valence-electron chi connectivity index (χ1n) is 7.37. The summed E-state index contributed by atoms with van der Waals surface area (Å²) in [5.74, 6) is 0.543. The summed E-state index contributed by atoms with van der Waals surface area (Å²) in [4.78, 5) is 2.67. The molecule has 0 aliphatic carbocycles. The van der Waals surface area contributed by atoms with Gasteiger partial charge in [-0.3, -0.25) is 0 Å². The number of likely N-dealkylation sites (tertiary alicyclic amines) is 1. The molecule has 0 N–H and O–H groups in total. The Kier molecular flexibility index (Phi) is 6.05. The van der Waals surface area contributed by atoms with Crippen molar-refractivity contribution in [3.63, 3.8) is 0 Å². The minimum atomic E-state index is -3.39. The number of aryl methyl sites for hydroxylation is 1. The molecule has 1 saturated heterocycles. The fourth-order valence-corrected chi connectivity index (χ4v) is 3.91. The van der Waals surface area contributed by atoms with E-state index in [0.29, 0.717) is 17.3 Å². The fourth-order valence-electron chi connectivity index (χ4n) is 2.53. The molecular formula is C15H23ClN2O2S. The Balaban J connectivity index is 1.98. The first-order chi connectivity index (χ1) is 10.0. The van der Waals surface area contributed by atoms with E-state index in [4.69, 9.17) is 11.6 Å². The fraction of sp³-hybridized carbons (Fsp3) is 0.600. The number of benzene rings is 1. The normalized spacial score (nSPS) is 16.7. The van der Waals surface area contributed by atoms with E-state index in [-0.39, 0.29) is 0 Å². The second kappa shape index (κ2) is 7.58. The van der Waals surface area contributed by atoms with E-state index < -0.39 is 10.0 Å². The molecule has 0 aromatic heterocycles. The lowest BCUT2D eigenvalue weighted by atomic mass is 10.2. The molecule has 0 atom stereocenters. The SMILES string of the molecule is CN(CCN1CCCC1)S(=O)(=O)c1ccc(CCCl)cc1. The van der Waals surface area contributed by atoms with Gasteiger partial charge in [0.1, 0.15) is 0 Å². The summed E-state index contributed by atoms with van der Waals surface area (Å²) >= 11 is 5.69. The van der Waals surface area contributed by atoms with Crippen molar-refractivity contribution in [1.82, 2.24) is 9.21 Å². The van der Waals surface area contributed by atoms with Gasteiger partial charge in [-0.05, 0) is 50.0 Å². The highest BCUT2D eigenvalue weighted by Crippen LogP contribution is 2.16. The van der Waals surface area contributed by atoms with Gasteiger partial charge in [0.25, 0.3) is 0 Å². The average Bonchev–Trinajstić information content (AvgIpc) is 2.99. The molecule has 2 rings (SSSR count). The van der Waals surface area contributed by atoms with Crippen LogP contribution in [0.3, 0.4) is 0 Å². The number of hydrogen-bond acceptors (Lipinski definition) is 3. The third-order valence-electron chi connectivity index (χ3n) is 3.94. The van der Waals surface area contributed by atoms with Crippen LogP contribution in [-0.2, 0) is 16.4 Å². The van der Waals surface area contributed by atoms with Gasteiger partial charge in [0, 0.05) is 26.0 Å². The third-order valence-corrected chi connectivity index (χ3v) is 6.00. The zero-order chi connectivity index (χ0) is 15.3. The topological polar surface area (TPSA) is 40.6 Å². The lowest BCUT2D eigenvalue weighted by molar-refractivity contribution is 0.310. The van der Waals surface area contributed by atoms with Crippen LogP contribution in [0.1, 0.15) is 18.4 Å². The quantitative estimate of drug-likeness (QED) is 0.720. The summed E-state index contributed by atoms with van der Waals surface area (Å²) in [5.41, 5.74) is 1.06. The molecule has 1 aliphatic rings. The molecule has 1 aromatic rings. The Morgan fingerprint density at radius 3 is 2.38 bits per heavy atom. The highest BCUT2D eigenvalue weighted by atomic mass is 35.5. The Morgan fingerprint density at radius 2 is 1.81 bits per heavy atom. The summed E-state index contributed by atoms with van der Waals surface area (Å²) in [6, 6.07) is 7.01. The molecular weight excluding hydrogens is 308 g/mol. The van der Waals surface area contributed by atoms with Crippen LogP contribution in [-0.4, -0.2) is 56.7 Å². The van der Waals surface area contributed by atoms with Crippen LogP contribution < -0.4 is 0 Å². The van der Waals surface area contributed by atoms with Crippen molar-refractivity contribution in [1.29, 1.82) is 0 Å². The van der Waals surface area contributed by atoms with E-state index in [1.165, 1.54) is 17.1 Å². The van der Waals surface area contributed by atoms with Crippen molar-refractivity contribution in [2.24, 2.45) is 0 Å². The Morgan fingerprint density at radius 1 is 1.19 bits per heavy atom. The van der Waals surface area contributed by atoms with Crippen LogP contribution in [0, 0.1) is 0 Å². The summed E-state index contributed by atoms with van der Waals surface area (Å²) in [7, 11) is -1.74. The largest absolute Gasteiger partial charge is 0.302 e. The molecule has 0 bridgehead atoms. The van der Waals surface area contributed by atoms with Gasteiger partial charge in [-0.25, -0.2) is 8.42 Å². The molecule has 0 spiro atoms. The molecule has 118 valence electrons. The standard InChI is InChI=1S/C15H23ClN2O2S/c1-17(12-13-18-10-2-3-11-18)21(19,20)15-6-4-14(5-7-15)8-9-16/h4-7H,2-3,8-13H2,1H3. The van der Waals surface area contributed by atoms with Gasteiger partial charge in [-0.2, -0.15) is 4.31 Å². The molecule has 21 heavy (non-hydrogen) atoms. The van der Waals surface area contributed by atoms with Gasteiger partial charge < -0.3 is 4.90 Å². The molecule has 0 radical (unpaired) electrons. The van der Waals surface area contributed by atoms with Gasteiger partial charge in [0.05, 0.1) is 4.90 Å². The van der Waals surface area contributed by atoms with E-state index in [1.807, 2.05) is 12.1 Å². The smallest absolute Gasteiger partial charge is 0.242 e. The van der Waals surface area contributed by atoms with Gasteiger partial charge in [-0.15, -0.1) is 11.6 Å². The number of hydrogen-bond donors (Lipinski definition) is 0. The van der Waals surface area contributed by atoms with E-state index in [1.54, 1.807) is 19.2 Å². The number of nitrogens with zero attached hydrogens (tertiary/aromatic N) is 2. The summed E-state index contributed by atoms with van der Waals surface area (Å²) in [6.45, 7) is 3.51. The Bertz CT molecular complexity index is 539. The predicted molar refractivity (Wildman–Crippen MR) is 86.4 cm³/mol. The average molecular weight is 331 g/mol.